The van der Waals surface area contributed by atoms with Crippen molar-refractivity contribution in [3.05, 3.63) is 211 Å². The predicted octanol–water partition coefficient (Wildman–Crippen LogP) is 12.8. The van der Waals surface area contributed by atoms with E-state index in [0.29, 0.717) is 0 Å². The zero-order valence-corrected chi connectivity index (χ0v) is 30.8. The van der Waals surface area contributed by atoms with Gasteiger partial charge in [0.05, 0.1) is 27.9 Å². The molecule has 2 unspecified atom stereocenters. The summed E-state index contributed by atoms with van der Waals surface area (Å²) in [5, 5.41) is 3.81. The first-order valence-electron chi connectivity index (χ1n) is 19.5. The Morgan fingerprint density at radius 2 is 1.18 bits per heavy atom. The molecule has 0 fully saturated rings. The second-order valence-electron chi connectivity index (χ2n) is 14.9. The van der Waals surface area contributed by atoms with Crippen LogP contribution in [-0.2, 0) is 6.42 Å². The molecule has 6 aromatic carbocycles. The highest BCUT2D eigenvalue weighted by atomic mass is 15.1. The molecule has 3 heterocycles. The largest absolute Gasteiger partial charge is 0.309 e. The summed E-state index contributed by atoms with van der Waals surface area (Å²) < 4.78 is 4.79. The van der Waals surface area contributed by atoms with Crippen LogP contribution in [0.25, 0.3) is 72.8 Å². The number of hydrogen-bond donors (Lipinski definition) is 0. The van der Waals surface area contributed by atoms with Crippen molar-refractivity contribution >= 4 is 38.8 Å². The molecule has 0 saturated heterocycles. The summed E-state index contributed by atoms with van der Waals surface area (Å²) in [6, 6.07) is 56.8. The first-order valence-corrected chi connectivity index (χ1v) is 19.5. The molecule has 0 spiro atoms. The van der Waals surface area contributed by atoms with Crippen LogP contribution >= 0.6 is 0 Å². The fourth-order valence-electron chi connectivity index (χ4n) is 8.89. The van der Waals surface area contributed by atoms with Crippen molar-refractivity contribution in [1.82, 2.24) is 19.1 Å². The van der Waals surface area contributed by atoms with Crippen molar-refractivity contribution in [3.8, 4) is 34.0 Å². The predicted molar refractivity (Wildman–Crippen MR) is 232 cm³/mol. The van der Waals surface area contributed by atoms with E-state index in [9.17, 15) is 0 Å². The normalized spacial score (nSPS) is 16.2. The van der Waals surface area contributed by atoms with Crippen molar-refractivity contribution in [2.75, 3.05) is 0 Å². The molecular weight excluding hydrogens is 681 g/mol. The van der Waals surface area contributed by atoms with E-state index in [1.165, 1.54) is 60.7 Å². The highest BCUT2D eigenvalue weighted by Crippen LogP contribution is 2.41. The van der Waals surface area contributed by atoms with Crippen LogP contribution in [0.4, 0.5) is 0 Å². The fourth-order valence-corrected chi connectivity index (χ4v) is 8.89. The first kappa shape index (κ1) is 32.4. The van der Waals surface area contributed by atoms with Crippen LogP contribution < -0.4 is 0 Å². The zero-order valence-electron chi connectivity index (χ0n) is 30.8. The topological polar surface area (TPSA) is 35.6 Å². The number of hydrogen-bond acceptors (Lipinski definition) is 2. The van der Waals surface area contributed by atoms with Gasteiger partial charge in [0, 0.05) is 45.3 Å². The molecule has 4 heteroatoms. The number of fused-ring (bicyclic) bond motifs is 6. The highest BCUT2D eigenvalue weighted by Gasteiger charge is 2.26. The Morgan fingerprint density at radius 3 is 1.95 bits per heavy atom. The molecule has 11 rings (SSSR count). The maximum atomic E-state index is 5.27. The van der Waals surface area contributed by atoms with Gasteiger partial charge in [0.1, 0.15) is 5.82 Å². The van der Waals surface area contributed by atoms with Gasteiger partial charge in [0.2, 0.25) is 0 Å². The third kappa shape index (κ3) is 5.45. The van der Waals surface area contributed by atoms with Crippen molar-refractivity contribution in [3.63, 3.8) is 0 Å². The highest BCUT2D eigenvalue weighted by molar-refractivity contribution is 6.09. The van der Waals surface area contributed by atoms with E-state index in [1.807, 2.05) is 6.07 Å². The molecule has 0 saturated carbocycles. The van der Waals surface area contributed by atoms with Crippen molar-refractivity contribution in [2.45, 2.75) is 24.7 Å². The molecule has 0 N–H and O–H groups in total. The smallest absolute Gasteiger partial charge is 0.161 e. The third-order valence-corrected chi connectivity index (χ3v) is 11.6. The zero-order chi connectivity index (χ0) is 37.0. The lowest BCUT2D eigenvalue weighted by atomic mass is 9.86. The minimum atomic E-state index is 0.203. The maximum Gasteiger partial charge on any atom is 0.161 e. The second kappa shape index (κ2) is 13.4. The van der Waals surface area contributed by atoms with Gasteiger partial charge in [0.15, 0.2) is 5.82 Å². The van der Waals surface area contributed by atoms with Gasteiger partial charge in [-0.1, -0.05) is 152 Å². The average molecular weight is 719 g/mol. The van der Waals surface area contributed by atoms with E-state index in [4.69, 9.17) is 9.97 Å². The Balaban J connectivity index is 1.02. The summed E-state index contributed by atoms with van der Waals surface area (Å²) in [6.45, 7) is 0. The van der Waals surface area contributed by atoms with Crippen molar-refractivity contribution in [2.24, 2.45) is 0 Å². The van der Waals surface area contributed by atoms with Gasteiger partial charge in [-0.3, -0.25) is 4.57 Å². The second-order valence-corrected chi connectivity index (χ2v) is 14.9. The molecule has 9 aromatic rings. The Morgan fingerprint density at radius 1 is 0.500 bits per heavy atom. The van der Waals surface area contributed by atoms with Gasteiger partial charge in [-0.15, -0.1) is 0 Å². The molecule has 2 atom stereocenters. The molecule has 2 aliphatic rings. The molecule has 2 aliphatic carbocycles. The summed E-state index contributed by atoms with van der Waals surface area (Å²) in [6.07, 6.45) is 15.3. The van der Waals surface area contributed by atoms with Crippen LogP contribution in [-0.4, -0.2) is 19.1 Å². The van der Waals surface area contributed by atoms with E-state index in [2.05, 4.69) is 197 Å². The number of rotatable bonds is 6. The Hall–Kier alpha value is -7.04. The lowest BCUT2D eigenvalue weighted by molar-refractivity contribution is 0.800. The number of aromatic nitrogens is 4. The molecule has 266 valence electrons. The molecule has 56 heavy (non-hydrogen) atoms. The monoisotopic (exact) mass is 718 g/mol. The number of benzene rings is 6. The van der Waals surface area contributed by atoms with Crippen LogP contribution in [0.2, 0.25) is 0 Å². The quantitative estimate of drug-likeness (QED) is 0.172. The van der Waals surface area contributed by atoms with Gasteiger partial charge >= 0.3 is 0 Å². The maximum absolute atomic E-state index is 5.27. The summed E-state index contributed by atoms with van der Waals surface area (Å²) in [7, 11) is 0. The van der Waals surface area contributed by atoms with Gasteiger partial charge < -0.3 is 4.57 Å². The summed E-state index contributed by atoms with van der Waals surface area (Å²) in [4.78, 5) is 10.4. The lowest BCUT2D eigenvalue weighted by Gasteiger charge is -2.21. The van der Waals surface area contributed by atoms with Crippen LogP contribution in [0.15, 0.2) is 188 Å². The van der Waals surface area contributed by atoms with Gasteiger partial charge in [-0.2, -0.15) is 0 Å². The lowest BCUT2D eigenvalue weighted by Crippen LogP contribution is -2.10. The van der Waals surface area contributed by atoms with Gasteiger partial charge in [-0.05, 0) is 71.5 Å². The average Bonchev–Trinajstić information content (AvgIpc) is 3.79. The van der Waals surface area contributed by atoms with E-state index in [-0.39, 0.29) is 11.8 Å². The Kier molecular flexibility index (Phi) is 7.73. The Bertz CT molecular complexity index is 3020. The van der Waals surface area contributed by atoms with E-state index < -0.39 is 0 Å². The molecule has 0 radical (unpaired) electrons. The molecule has 0 bridgehead atoms. The summed E-state index contributed by atoms with van der Waals surface area (Å²) in [5.41, 5.74) is 13.1. The minimum absolute atomic E-state index is 0.203. The standard InChI is InChI=1S/C52H38N4/c1-4-14-35(15-5-1)36-24-28-41(29-25-36)55-47-22-12-10-20-42(47)44-30-26-40(33-50(44)55)39-27-31-49-45(32-39)43-21-11-13-23-48(43)56(49)51-34-46(37-16-6-2-7-17-37)53-52(54-51)38-18-8-3-9-19-38/h1-16,18-31,33-34,37,39H,17,32H2. The molecular formula is C52H38N4. The van der Waals surface area contributed by atoms with Crippen molar-refractivity contribution in [1.29, 1.82) is 0 Å². The number of allylic oxidation sites excluding steroid dienone is 5. The first-order chi connectivity index (χ1) is 27.8. The fraction of sp³-hybridized carbons (Fsp3) is 0.0769. The molecule has 0 aliphatic heterocycles. The van der Waals surface area contributed by atoms with Crippen LogP contribution in [0.3, 0.4) is 0 Å². The third-order valence-electron chi connectivity index (χ3n) is 11.6. The van der Waals surface area contributed by atoms with Gasteiger partial charge in [0.25, 0.3) is 0 Å². The number of nitrogens with zero attached hydrogens (tertiary/aromatic N) is 4. The summed E-state index contributed by atoms with van der Waals surface area (Å²) in [5.74, 6) is 2.08. The SMILES string of the molecule is C1=CCC(c2cc(-n3c4c(c5ccccc53)CC(c3ccc5c6ccccc6n(-c6ccc(-c7ccccc7)cc6)c5c3)C=C4)nc(-c3ccccc3)n2)C=C1. The van der Waals surface area contributed by atoms with Crippen LogP contribution in [0, 0.1) is 0 Å². The van der Waals surface area contributed by atoms with Crippen molar-refractivity contribution < 1.29 is 0 Å². The van der Waals surface area contributed by atoms with Crippen LogP contribution in [0.5, 0.6) is 0 Å². The van der Waals surface area contributed by atoms with E-state index >= 15 is 0 Å². The molecule has 4 nitrogen and oxygen atoms in total. The molecule has 0 amide bonds. The van der Waals surface area contributed by atoms with E-state index in [0.717, 1.165) is 41.4 Å². The minimum Gasteiger partial charge on any atom is -0.309 e. The number of para-hydroxylation sites is 2. The molecule has 3 aromatic heterocycles. The van der Waals surface area contributed by atoms with Crippen LogP contribution in [0.1, 0.15) is 40.8 Å². The van der Waals surface area contributed by atoms with E-state index in [1.54, 1.807) is 0 Å². The Labute approximate surface area is 326 Å². The summed E-state index contributed by atoms with van der Waals surface area (Å²) >= 11 is 0. The van der Waals surface area contributed by atoms with Gasteiger partial charge in [-0.25, -0.2) is 9.97 Å².